The van der Waals surface area contributed by atoms with Gasteiger partial charge in [-0.1, -0.05) is 0 Å². The average molecular weight is 669 g/mol. The molecule has 250 valence electrons. The molecule has 1 atom stereocenters. The van der Waals surface area contributed by atoms with Crippen molar-refractivity contribution in [1.82, 2.24) is 15.3 Å². The number of halogens is 7. The highest BCUT2D eigenvalue weighted by atomic mass is 19.4. The van der Waals surface area contributed by atoms with E-state index in [1.165, 1.54) is 12.1 Å². The molecule has 16 heteroatoms. The summed E-state index contributed by atoms with van der Waals surface area (Å²) < 4.78 is 109. The number of amides is 2. The van der Waals surface area contributed by atoms with Gasteiger partial charge < -0.3 is 25.6 Å². The van der Waals surface area contributed by atoms with Gasteiger partial charge in [0.1, 0.15) is 28.5 Å². The minimum Gasteiger partial charge on any atom is -0.494 e. The summed E-state index contributed by atoms with van der Waals surface area (Å²) in [7, 11) is 1.16. The van der Waals surface area contributed by atoms with Gasteiger partial charge in [-0.3, -0.25) is 9.59 Å². The van der Waals surface area contributed by atoms with Crippen LogP contribution in [-0.4, -0.2) is 53.3 Å². The number of hydrogen-bond acceptors (Lipinski definition) is 7. The number of hydrogen-bond donors (Lipinski definition) is 3. The molecule has 47 heavy (non-hydrogen) atoms. The molecule has 0 fully saturated rings. The molecule has 0 aliphatic rings. The number of aryl methyl sites for hydroxylation is 1. The number of alkyl halides is 6. The van der Waals surface area contributed by atoms with Gasteiger partial charge in [0.15, 0.2) is 0 Å². The van der Waals surface area contributed by atoms with Crippen LogP contribution in [-0.2, 0) is 23.0 Å². The molecule has 9 nitrogen and oxygen atoms in total. The summed E-state index contributed by atoms with van der Waals surface area (Å²) in [6.07, 6.45) is -10.9. The first kappa shape index (κ1) is 34.9. The molecule has 0 aliphatic carbocycles. The summed E-state index contributed by atoms with van der Waals surface area (Å²) in [4.78, 5) is 32.9. The van der Waals surface area contributed by atoms with Crippen LogP contribution in [0, 0.1) is 12.7 Å². The molecule has 4 N–H and O–H groups in total. The number of primary amides is 1. The Morgan fingerprint density at radius 2 is 1.66 bits per heavy atom. The lowest BCUT2D eigenvalue weighted by Gasteiger charge is -2.31. The van der Waals surface area contributed by atoms with Crippen molar-refractivity contribution in [1.29, 1.82) is 0 Å². The molecule has 0 aliphatic heterocycles. The minimum absolute atomic E-state index is 0.0185. The zero-order valence-electron chi connectivity index (χ0n) is 24.9. The number of aliphatic hydroxyl groups is 1. The standard InChI is InChI=1S/C31H27F7N4O5/c1-4-47-27-18(13-24(39)43)12-23(42-26(27)16-5-7-20(32)8-6-16)29(45,31(36,37)38)14-40-28(44)19-9-17-10-21(30(33,34)35)15(2)41-25(17)22(11-19)46-3/h5-12,45H,4,13-14H2,1-3H3,(H2,39,43)(H,40,44)/t29-/m0/s1. The summed E-state index contributed by atoms with van der Waals surface area (Å²) in [5.41, 5.74) is -1.91. The van der Waals surface area contributed by atoms with Gasteiger partial charge in [-0.25, -0.2) is 14.4 Å². The maximum absolute atomic E-state index is 14.6. The molecule has 4 rings (SSSR count). The van der Waals surface area contributed by atoms with E-state index in [0.29, 0.717) is 0 Å². The summed E-state index contributed by atoms with van der Waals surface area (Å²) in [6.45, 7) is 1.14. The monoisotopic (exact) mass is 668 g/mol. The third-order valence-electron chi connectivity index (χ3n) is 7.08. The number of carbonyl (C=O) groups is 2. The second-order valence-electron chi connectivity index (χ2n) is 10.3. The molecule has 0 saturated carbocycles. The van der Waals surface area contributed by atoms with Gasteiger partial charge in [-0.05, 0) is 62.4 Å². The van der Waals surface area contributed by atoms with E-state index >= 15 is 0 Å². The zero-order chi connectivity index (χ0) is 34.9. The Morgan fingerprint density at radius 1 is 1.00 bits per heavy atom. The summed E-state index contributed by atoms with van der Waals surface area (Å²) in [5, 5.41) is 12.9. The van der Waals surface area contributed by atoms with Crippen LogP contribution in [0.4, 0.5) is 30.7 Å². The molecular formula is C31H27F7N4O5. The zero-order valence-corrected chi connectivity index (χ0v) is 24.9. The molecule has 2 aromatic carbocycles. The minimum atomic E-state index is -5.49. The second kappa shape index (κ2) is 13.0. The SMILES string of the molecule is CCOc1c(CC(N)=O)cc([C@@](O)(CNC(=O)c2cc(OC)c3nc(C)c(C(F)(F)F)cc3c2)C(F)(F)F)nc1-c1ccc(F)cc1. The molecule has 2 aromatic heterocycles. The van der Waals surface area contributed by atoms with Crippen LogP contribution in [0.15, 0.2) is 48.5 Å². The number of nitrogens with one attached hydrogen (secondary N) is 1. The van der Waals surface area contributed by atoms with Crippen LogP contribution in [0.25, 0.3) is 22.2 Å². The Bertz CT molecular complexity index is 1830. The Labute approximate surface area is 262 Å². The lowest BCUT2D eigenvalue weighted by Crippen LogP contribution is -2.51. The fraction of sp³-hybridized carbons (Fsp3) is 0.290. The number of nitrogens with two attached hydrogens (primary N) is 1. The van der Waals surface area contributed by atoms with Crippen molar-refractivity contribution >= 4 is 22.7 Å². The summed E-state index contributed by atoms with van der Waals surface area (Å²) >= 11 is 0. The van der Waals surface area contributed by atoms with Gasteiger partial charge in [0.05, 0.1) is 43.6 Å². The number of ether oxygens (including phenoxy) is 2. The summed E-state index contributed by atoms with van der Waals surface area (Å²) in [6, 6.07) is 7.94. The van der Waals surface area contributed by atoms with Gasteiger partial charge in [0.25, 0.3) is 5.91 Å². The van der Waals surface area contributed by atoms with Crippen LogP contribution in [0.1, 0.15) is 39.8 Å². The van der Waals surface area contributed by atoms with E-state index in [4.69, 9.17) is 15.2 Å². The number of pyridine rings is 2. The molecular weight excluding hydrogens is 641 g/mol. The first-order chi connectivity index (χ1) is 21.9. The number of aromatic nitrogens is 2. The van der Waals surface area contributed by atoms with E-state index in [1.54, 1.807) is 6.92 Å². The predicted octanol–water partition coefficient (Wildman–Crippen LogP) is 5.38. The van der Waals surface area contributed by atoms with Crippen LogP contribution in [0.2, 0.25) is 0 Å². The third kappa shape index (κ3) is 7.21. The smallest absolute Gasteiger partial charge is 0.424 e. The van der Waals surface area contributed by atoms with E-state index in [1.807, 2.05) is 5.32 Å². The molecule has 0 radical (unpaired) electrons. The first-order valence-electron chi connectivity index (χ1n) is 13.7. The van der Waals surface area contributed by atoms with Crippen LogP contribution in [0.3, 0.4) is 0 Å². The van der Waals surface area contributed by atoms with E-state index in [0.717, 1.165) is 50.4 Å². The van der Waals surface area contributed by atoms with Gasteiger partial charge in [0.2, 0.25) is 11.5 Å². The van der Waals surface area contributed by atoms with Gasteiger partial charge >= 0.3 is 12.4 Å². The molecule has 0 saturated heterocycles. The molecule has 2 heterocycles. The van der Waals surface area contributed by atoms with Crippen molar-refractivity contribution in [3.63, 3.8) is 0 Å². The molecule has 0 unspecified atom stereocenters. The number of methoxy groups -OCH3 is 1. The molecule has 0 bridgehead atoms. The number of nitrogens with zero attached hydrogens (tertiary/aromatic N) is 2. The Balaban J connectivity index is 1.81. The molecule has 4 aromatic rings. The Kier molecular flexibility index (Phi) is 9.66. The van der Waals surface area contributed by atoms with Crippen molar-refractivity contribution in [2.24, 2.45) is 5.73 Å². The highest BCUT2D eigenvalue weighted by molar-refractivity contribution is 6.00. The van der Waals surface area contributed by atoms with Gasteiger partial charge in [0, 0.05) is 22.1 Å². The Hall–Kier alpha value is -4.99. The van der Waals surface area contributed by atoms with Crippen LogP contribution in [0.5, 0.6) is 11.5 Å². The van der Waals surface area contributed by atoms with Crippen molar-refractivity contribution < 1.29 is 54.9 Å². The third-order valence-corrected chi connectivity index (χ3v) is 7.08. The second-order valence-corrected chi connectivity index (χ2v) is 10.3. The first-order valence-corrected chi connectivity index (χ1v) is 13.7. The number of carbonyl (C=O) groups excluding carboxylic acids is 2. The van der Waals surface area contributed by atoms with Gasteiger partial charge in [-0.15, -0.1) is 0 Å². The van der Waals surface area contributed by atoms with E-state index in [2.05, 4.69) is 9.97 Å². The number of rotatable bonds is 10. The van der Waals surface area contributed by atoms with Crippen molar-refractivity contribution in [3.05, 3.63) is 82.4 Å². The fourth-order valence-corrected chi connectivity index (χ4v) is 4.79. The van der Waals surface area contributed by atoms with Crippen LogP contribution < -0.4 is 20.5 Å². The van der Waals surface area contributed by atoms with Crippen LogP contribution >= 0.6 is 0 Å². The van der Waals surface area contributed by atoms with Crippen molar-refractivity contribution in [2.45, 2.75) is 38.2 Å². The fourth-order valence-electron chi connectivity index (χ4n) is 4.79. The number of benzene rings is 2. The van der Waals surface area contributed by atoms with Crippen molar-refractivity contribution in [2.75, 3.05) is 20.3 Å². The topological polar surface area (TPSA) is 137 Å². The average Bonchev–Trinajstić information content (AvgIpc) is 2.98. The Morgan fingerprint density at radius 3 is 2.21 bits per heavy atom. The highest BCUT2D eigenvalue weighted by Crippen LogP contribution is 2.42. The largest absolute Gasteiger partial charge is 0.494 e. The predicted molar refractivity (Wildman–Crippen MR) is 154 cm³/mol. The molecule has 0 spiro atoms. The van der Waals surface area contributed by atoms with Gasteiger partial charge in [-0.2, -0.15) is 26.3 Å². The lowest BCUT2D eigenvalue weighted by atomic mass is 9.93. The highest BCUT2D eigenvalue weighted by Gasteiger charge is 2.57. The maximum Gasteiger partial charge on any atom is 0.424 e. The van der Waals surface area contributed by atoms with E-state index < -0.39 is 65.4 Å². The summed E-state index contributed by atoms with van der Waals surface area (Å²) in [5.74, 6) is -3.12. The van der Waals surface area contributed by atoms with E-state index in [-0.39, 0.29) is 51.5 Å². The maximum atomic E-state index is 14.6. The van der Waals surface area contributed by atoms with E-state index in [9.17, 15) is 45.4 Å². The van der Waals surface area contributed by atoms with Crippen molar-refractivity contribution in [3.8, 4) is 22.8 Å². The normalized spacial score (nSPS) is 13.3. The quantitative estimate of drug-likeness (QED) is 0.193. The lowest BCUT2D eigenvalue weighted by molar-refractivity contribution is -0.265. The molecule has 2 amide bonds. The number of fused-ring (bicyclic) bond motifs is 1.